The number of hydrogen-bond acceptors (Lipinski definition) is 11. The van der Waals surface area contributed by atoms with E-state index in [0.29, 0.717) is 18.1 Å². The predicted octanol–water partition coefficient (Wildman–Crippen LogP) is 4.25. The van der Waals surface area contributed by atoms with Crippen LogP contribution in [-0.2, 0) is 34.9 Å². The van der Waals surface area contributed by atoms with Crippen LogP contribution in [0.3, 0.4) is 0 Å². The van der Waals surface area contributed by atoms with Crippen LogP contribution in [0.1, 0.15) is 23.0 Å². The highest BCUT2D eigenvalue weighted by Crippen LogP contribution is 2.42. The van der Waals surface area contributed by atoms with Gasteiger partial charge in [-0.05, 0) is 43.3 Å². The smallest absolute Gasteiger partial charge is 0.257 e. The minimum absolute atomic E-state index is 0.129. The van der Waals surface area contributed by atoms with Crippen LogP contribution in [0.15, 0.2) is 52.7 Å². The van der Waals surface area contributed by atoms with E-state index < -0.39 is 22.9 Å². The van der Waals surface area contributed by atoms with Crippen LogP contribution in [-0.4, -0.2) is 57.4 Å². The standard InChI is InChI=1S/C24H25N2O9PS2/c1-16(11-33-2)34-20-8-17(9-21(10-20)35-19-4-6-22(7-5-19)38(3,31)32)23(29)26-24-25-18(13-37-24)12-36(30,14-27)15-28/h4-10,13-16H,11-12H2,1-3H3,(H,25,26,29)/t16-/m0/s1. The topological polar surface area (TPSA) is 155 Å². The Labute approximate surface area is 223 Å². The first-order chi connectivity index (χ1) is 17.9. The summed E-state index contributed by atoms with van der Waals surface area (Å²) in [6.07, 6.45) is 0.432. The number of anilines is 1. The Bertz CT molecular complexity index is 1460. The SMILES string of the molecule is COC[C@H](C)Oc1cc(Oc2ccc(S(C)(=O)=O)cc2)cc(C(=O)Nc2nc(CP(=O)(C=O)C=O)cs2)c1. The Morgan fingerprint density at radius 2 is 1.76 bits per heavy atom. The fraction of sp³-hybridized carbons (Fsp3) is 0.250. The molecule has 2 aromatic carbocycles. The maximum atomic E-state index is 13.0. The van der Waals surface area contributed by atoms with Crippen LogP contribution in [0.2, 0.25) is 0 Å². The van der Waals surface area contributed by atoms with E-state index in [-0.39, 0.29) is 51.4 Å². The zero-order chi connectivity index (χ0) is 27.9. The van der Waals surface area contributed by atoms with E-state index >= 15 is 0 Å². The number of carbonyl (C=O) groups is 3. The molecule has 0 aliphatic carbocycles. The first-order valence-corrected chi connectivity index (χ1v) is 15.8. The number of thiazole rings is 1. The number of carbonyl (C=O) groups excluding carboxylic acids is 3. The second-order valence-electron chi connectivity index (χ2n) is 8.24. The van der Waals surface area contributed by atoms with Crippen molar-refractivity contribution in [1.29, 1.82) is 0 Å². The highest BCUT2D eigenvalue weighted by molar-refractivity contribution is 7.90. The van der Waals surface area contributed by atoms with E-state index in [4.69, 9.17) is 14.2 Å². The minimum atomic E-state index is -3.67. The van der Waals surface area contributed by atoms with Crippen molar-refractivity contribution in [3.05, 3.63) is 59.1 Å². The third kappa shape index (κ3) is 8.06. The van der Waals surface area contributed by atoms with Crippen molar-refractivity contribution in [3.63, 3.8) is 0 Å². The molecule has 3 aromatic rings. The summed E-state index contributed by atoms with van der Waals surface area (Å²) in [5.41, 5.74) is 0.401. The van der Waals surface area contributed by atoms with Crippen molar-refractivity contribution < 1.29 is 41.6 Å². The fourth-order valence-corrected chi connectivity index (χ4v) is 5.51. The number of benzene rings is 2. The molecule has 14 heteroatoms. The summed E-state index contributed by atoms with van der Waals surface area (Å²) >= 11 is 1.04. The highest BCUT2D eigenvalue weighted by Gasteiger charge is 2.23. The van der Waals surface area contributed by atoms with Gasteiger partial charge in [-0.1, -0.05) is 0 Å². The molecule has 0 saturated carbocycles. The molecule has 3 rings (SSSR count). The molecule has 1 heterocycles. The molecule has 202 valence electrons. The number of sulfone groups is 1. The Balaban J connectivity index is 1.85. The molecule has 0 aliphatic heterocycles. The van der Waals surface area contributed by atoms with Crippen molar-refractivity contribution in [2.75, 3.05) is 25.3 Å². The van der Waals surface area contributed by atoms with Gasteiger partial charge in [-0.15, -0.1) is 11.3 Å². The Morgan fingerprint density at radius 3 is 2.37 bits per heavy atom. The summed E-state index contributed by atoms with van der Waals surface area (Å²) in [5.74, 6) is 0.358. The third-order valence-corrected chi connectivity index (χ3v) is 8.37. The molecule has 38 heavy (non-hydrogen) atoms. The zero-order valence-corrected chi connectivity index (χ0v) is 23.2. The van der Waals surface area contributed by atoms with Crippen molar-refractivity contribution in [2.45, 2.75) is 24.1 Å². The first-order valence-electron chi connectivity index (χ1n) is 11.0. The summed E-state index contributed by atoms with van der Waals surface area (Å²) < 4.78 is 52.3. The van der Waals surface area contributed by atoms with Crippen molar-refractivity contribution in [3.8, 4) is 17.2 Å². The minimum Gasteiger partial charge on any atom is -0.488 e. The molecule has 0 bridgehead atoms. The van der Waals surface area contributed by atoms with E-state index in [1.165, 1.54) is 48.9 Å². The molecule has 0 fully saturated rings. The molecule has 0 saturated heterocycles. The summed E-state index contributed by atoms with van der Waals surface area (Å²) in [4.78, 5) is 39.2. The molecule has 11 nitrogen and oxygen atoms in total. The second kappa shape index (κ2) is 12.4. The second-order valence-corrected chi connectivity index (χ2v) is 13.6. The summed E-state index contributed by atoms with van der Waals surface area (Å²) in [6, 6.07) is 10.6. The highest BCUT2D eigenvalue weighted by atomic mass is 32.2. The van der Waals surface area contributed by atoms with Crippen LogP contribution >= 0.6 is 18.5 Å². The van der Waals surface area contributed by atoms with Gasteiger partial charge >= 0.3 is 0 Å². The van der Waals surface area contributed by atoms with Gasteiger partial charge in [0, 0.05) is 30.4 Å². The number of ether oxygens (including phenoxy) is 3. The Kier molecular flexibility index (Phi) is 9.55. The lowest BCUT2D eigenvalue weighted by atomic mass is 10.2. The quantitative estimate of drug-likeness (QED) is 0.229. The average molecular weight is 581 g/mol. The molecular weight excluding hydrogens is 555 g/mol. The lowest BCUT2D eigenvalue weighted by Gasteiger charge is -2.16. The van der Waals surface area contributed by atoms with Crippen molar-refractivity contribution in [2.24, 2.45) is 0 Å². The van der Waals surface area contributed by atoms with Gasteiger partial charge in [0.2, 0.25) is 7.14 Å². The lowest BCUT2D eigenvalue weighted by molar-refractivity contribution is 0.0916. The maximum Gasteiger partial charge on any atom is 0.257 e. The van der Waals surface area contributed by atoms with Crippen molar-refractivity contribution >= 4 is 51.4 Å². The first kappa shape index (κ1) is 29.2. The van der Waals surface area contributed by atoms with Gasteiger partial charge in [-0.2, -0.15) is 0 Å². The number of rotatable bonds is 13. The largest absolute Gasteiger partial charge is 0.488 e. The predicted molar refractivity (Wildman–Crippen MR) is 143 cm³/mol. The van der Waals surface area contributed by atoms with Crippen LogP contribution in [0.25, 0.3) is 0 Å². The van der Waals surface area contributed by atoms with E-state index in [1.54, 1.807) is 13.0 Å². The lowest BCUT2D eigenvalue weighted by Crippen LogP contribution is -2.18. The van der Waals surface area contributed by atoms with Gasteiger partial charge in [0.1, 0.15) is 23.4 Å². The summed E-state index contributed by atoms with van der Waals surface area (Å²) in [6.45, 7) is 2.09. The summed E-state index contributed by atoms with van der Waals surface area (Å²) in [5, 5.41) is 4.29. The van der Waals surface area contributed by atoms with Gasteiger partial charge < -0.3 is 18.8 Å². The fourth-order valence-electron chi connectivity index (χ4n) is 3.18. The number of methoxy groups -OCH3 is 1. The van der Waals surface area contributed by atoms with Crippen LogP contribution in [0, 0.1) is 0 Å². The third-order valence-electron chi connectivity index (χ3n) is 4.91. The number of hydrogen-bond donors (Lipinski definition) is 1. The average Bonchev–Trinajstić information content (AvgIpc) is 3.29. The van der Waals surface area contributed by atoms with Gasteiger partial charge in [0.15, 0.2) is 27.0 Å². The summed E-state index contributed by atoms with van der Waals surface area (Å²) in [7, 11) is -5.51. The van der Waals surface area contributed by atoms with Gasteiger partial charge in [0.05, 0.1) is 23.4 Å². The van der Waals surface area contributed by atoms with E-state index in [2.05, 4.69) is 10.3 Å². The maximum absolute atomic E-state index is 13.0. The molecule has 0 radical (unpaired) electrons. The van der Waals surface area contributed by atoms with Crippen LogP contribution in [0.5, 0.6) is 17.2 Å². The molecule has 0 unspecified atom stereocenters. The number of amides is 1. The van der Waals surface area contributed by atoms with Crippen LogP contribution in [0.4, 0.5) is 5.13 Å². The van der Waals surface area contributed by atoms with Gasteiger partial charge in [-0.25, -0.2) is 13.4 Å². The van der Waals surface area contributed by atoms with Gasteiger partial charge in [-0.3, -0.25) is 19.7 Å². The number of nitrogens with zero attached hydrogens (tertiary/aromatic N) is 1. The van der Waals surface area contributed by atoms with E-state index in [1.807, 2.05) is 0 Å². The normalized spacial score (nSPS) is 12.4. The molecule has 1 N–H and O–H groups in total. The number of aromatic nitrogens is 1. The molecule has 0 spiro atoms. The molecule has 1 aromatic heterocycles. The number of nitrogens with one attached hydrogen (secondary N) is 1. The van der Waals surface area contributed by atoms with Crippen molar-refractivity contribution in [1.82, 2.24) is 4.98 Å². The van der Waals surface area contributed by atoms with E-state index in [0.717, 1.165) is 17.6 Å². The molecular formula is C24H25N2O9PS2. The Hall–Kier alpha value is -3.38. The van der Waals surface area contributed by atoms with E-state index in [9.17, 15) is 27.4 Å². The monoisotopic (exact) mass is 580 g/mol. The molecule has 1 atom stereocenters. The zero-order valence-electron chi connectivity index (χ0n) is 20.7. The Morgan fingerprint density at radius 1 is 1.11 bits per heavy atom. The molecule has 0 aliphatic rings. The molecule has 1 amide bonds. The van der Waals surface area contributed by atoms with Gasteiger partial charge in [0.25, 0.3) is 5.91 Å². The van der Waals surface area contributed by atoms with Crippen LogP contribution < -0.4 is 14.8 Å².